The zero-order chi connectivity index (χ0) is 34.9. The Balaban J connectivity index is 1.39. The second-order valence-electron chi connectivity index (χ2n) is 14.6. The maximum absolute atomic E-state index is 10.3. The summed E-state index contributed by atoms with van der Waals surface area (Å²) >= 11 is 0. The molecule has 10 heteroatoms. The summed E-state index contributed by atoms with van der Waals surface area (Å²) in [5, 5.41) is 20.6. The Kier molecular flexibility index (Phi) is 8.00. The molecule has 3 aromatic carbocycles. The van der Waals surface area contributed by atoms with E-state index in [1.807, 2.05) is 13.8 Å². The van der Waals surface area contributed by atoms with Crippen LogP contribution in [0.3, 0.4) is 0 Å². The molecule has 50 heavy (non-hydrogen) atoms. The van der Waals surface area contributed by atoms with Crippen LogP contribution in [0.5, 0.6) is 34.5 Å². The number of hydrogen-bond donors (Lipinski definition) is 0. The van der Waals surface area contributed by atoms with Crippen LogP contribution >= 0.6 is 0 Å². The Morgan fingerprint density at radius 1 is 0.700 bits per heavy atom. The molecule has 3 aliphatic heterocycles. The maximum atomic E-state index is 10.3. The fourth-order valence-electron chi connectivity index (χ4n) is 9.26. The van der Waals surface area contributed by atoms with Gasteiger partial charge >= 0.3 is 0 Å². The zero-order valence-electron chi connectivity index (χ0n) is 29.9. The van der Waals surface area contributed by atoms with Crippen molar-refractivity contribution in [2.24, 2.45) is 0 Å². The summed E-state index contributed by atoms with van der Waals surface area (Å²) in [4.78, 5) is 4.86. The lowest BCUT2D eigenvalue weighted by Crippen LogP contribution is -2.49. The topological polar surface area (TPSA) is 109 Å². The first-order valence-electron chi connectivity index (χ1n) is 17.6. The van der Waals surface area contributed by atoms with Crippen LogP contribution in [0.4, 0.5) is 0 Å². The first kappa shape index (κ1) is 32.9. The molecule has 3 heterocycles. The van der Waals surface area contributed by atoms with Crippen molar-refractivity contribution in [3.8, 4) is 46.6 Å². The molecule has 0 N–H and O–H groups in total. The van der Waals surface area contributed by atoms with E-state index in [-0.39, 0.29) is 10.8 Å². The van der Waals surface area contributed by atoms with Gasteiger partial charge in [-0.05, 0) is 72.2 Å². The molecular formula is C40H44N4O6. The maximum Gasteiger partial charge on any atom is 0.189 e. The molecule has 0 amide bonds. The highest BCUT2D eigenvalue weighted by Crippen LogP contribution is 2.66. The first-order valence-corrected chi connectivity index (χ1v) is 17.6. The fourth-order valence-corrected chi connectivity index (χ4v) is 9.26. The number of morpholine rings is 2. The molecule has 9 rings (SSSR count). The van der Waals surface area contributed by atoms with E-state index < -0.39 is 0 Å². The van der Waals surface area contributed by atoms with Crippen LogP contribution in [0.2, 0.25) is 0 Å². The minimum Gasteiger partial charge on any atom is -0.493 e. The summed E-state index contributed by atoms with van der Waals surface area (Å²) in [6, 6.07) is 9.05. The molecular weight excluding hydrogens is 632 g/mol. The average molecular weight is 677 g/mol. The Morgan fingerprint density at radius 3 is 1.72 bits per heavy atom. The quantitative estimate of drug-likeness (QED) is 0.229. The third kappa shape index (κ3) is 4.66. The van der Waals surface area contributed by atoms with E-state index in [0.29, 0.717) is 67.1 Å². The van der Waals surface area contributed by atoms with E-state index in [0.717, 1.165) is 79.3 Å². The highest BCUT2D eigenvalue weighted by molar-refractivity contribution is 5.76. The molecule has 260 valence electrons. The van der Waals surface area contributed by atoms with E-state index in [1.54, 1.807) is 14.2 Å². The van der Waals surface area contributed by atoms with Gasteiger partial charge in [0.2, 0.25) is 0 Å². The summed E-state index contributed by atoms with van der Waals surface area (Å²) in [5.74, 6) is 3.36. The van der Waals surface area contributed by atoms with Gasteiger partial charge in [-0.15, -0.1) is 0 Å². The van der Waals surface area contributed by atoms with Gasteiger partial charge in [-0.3, -0.25) is 9.80 Å². The number of methoxy groups -OCH3 is 2. The minimum atomic E-state index is -0.374. The molecule has 2 unspecified atom stereocenters. The Labute approximate surface area is 294 Å². The summed E-state index contributed by atoms with van der Waals surface area (Å²) in [6.45, 7) is 15.9. The molecule has 2 saturated heterocycles. The van der Waals surface area contributed by atoms with Gasteiger partial charge in [0.15, 0.2) is 34.5 Å². The van der Waals surface area contributed by atoms with Gasteiger partial charge < -0.3 is 28.4 Å². The van der Waals surface area contributed by atoms with Gasteiger partial charge in [0.1, 0.15) is 23.3 Å². The molecule has 10 nitrogen and oxygen atoms in total. The smallest absolute Gasteiger partial charge is 0.189 e. The number of rotatable bonds is 6. The van der Waals surface area contributed by atoms with Crippen LogP contribution in [0.15, 0.2) is 12.1 Å². The van der Waals surface area contributed by atoms with Crippen molar-refractivity contribution in [3.05, 3.63) is 67.8 Å². The number of nitrogens with zero attached hydrogens (tertiary/aromatic N) is 4. The SMILES string of the molecule is COc1cc2c(c(CN3CCOCC3)c1OC)C1(C)CCC2(C)c2c1cc1c(c2CN2CCOCC2)Oc2c(C#N)c(C)c(C)c(C#N)c2O1. The van der Waals surface area contributed by atoms with Crippen LogP contribution in [-0.2, 0) is 33.4 Å². The zero-order valence-corrected chi connectivity index (χ0v) is 29.9. The Bertz CT molecular complexity index is 2000. The van der Waals surface area contributed by atoms with Crippen LogP contribution < -0.4 is 18.9 Å². The highest BCUT2D eigenvalue weighted by Gasteiger charge is 2.55. The fraction of sp³-hybridized carbons (Fsp3) is 0.500. The number of nitriles is 2. The molecule has 0 aromatic heterocycles. The number of benzene rings is 3. The molecule has 0 spiro atoms. The van der Waals surface area contributed by atoms with Gasteiger partial charge in [-0.1, -0.05) is 13.8 Å². The molecule has 0 saturated carbocycles. The van der Waals surface area contributed by atoms with E-state index >= 15 is 0 Å². The summed E-state index contributed by atoms with van der Waals surface area (Å²) in [5.41, 5.74) is 8.74. The Morgan fingerprint density at radius 2 is 1.20 bits per heavy atom. The minimum absolute atomic E-state index is 0.314. The van der Waals surface area contributed by atoms with Crippen molar-refractivity contribution >= 4 is 0 Å². The van der Waals surface area contributed by atoms with E-state index in [1.165, 1.54) is 22.3 Å². The third-order valence-corrected chi connectivity index (χ3v) is 12.1. The van der Waals surface area contributed by atoms with Gasteiger partial charge in [0, 0.05) is 61.2 Å². The van der Waals surface area contributed by atoms with Crippen molar-refractivity contribution in [3.63, 3.8) is 0 Å². The molecule has 2 atom stereocenters. The monoisotopic (exact) mass is 676 g/mol. The van der Waals surface area contributed by atoms with E-state index in [4.69, 9.17) is 28.4 Å². The number of hydrogen-bond acceptors (Lipinski definition) is 10. The molecule has 6 aliphatic rings. The predicted molar refractivity (Wildman–Crippen MR) is 186 cm³/mol. The lowest BCUT2D eigenvalue weighted by atomic mass is 9.48. The molecule has 0 radical (unpaired) electrons. The predicted octanol–water partition coefficient (Wildman–Crippen LogP) is 6.35. The van der Waals surface area contributed by atoms with Crippen LogP contribution in [-0.4, -0.2) is 76.6 Å². The summed E-state index contributed by atoms with van der Waals surface area (Å²) in [6.07, 6.45) is 1.89. The second kappa shape index (κ2) is 12.2. The number of ether oxygens (including phenoxy) is 6. The largest absolute Gasteiger partial charge is 0.493 e. The van der Waals surface area contributed by atoms with Crippen molar-refractivity contribution in [2.45, 2.75) is 64.5 Å². The Hall–Kier alpha value is -4.32. The van der Waals surface area contributed by atoms with Crippen LogP contribution in [0, 0.1) is 36.5 Å². The van der Waals surface area contributed by atoms with Gasteiger partial charge in [-0.25, -0.2) is 0 Å². The molecule has 2 bridgehead atoms. The van der Waals surface area contributed by atoms with E-state index in [2.05, 4.69) is 47.9 Å². The molecule has 3 aliphatic carbocycles. The van der Waals surface area contributed by atoms with Crippen LogP contribution in [0.25, 0.3) is 0 Å². The average Bonchev–Trinajstić information content (AvgIpc) is 3.13. The summed E-state index contributed by atoms with van der Waals surface area (Å²) in [7, 11) is 3.45. The number of fused-ring (bicyclic) bond motifs is 3. The van der Waals surface area contributed by atoms with E-state index in [9.17, 15) is 10.5 Å². The molecule has 3 aromatic rings. The lowest BCUT2D eigenvalue weighted by molar-refractivity contribution is 0.0331. The van der Waals surface area contributed by atoms with Gasteiger partial charge in [0.25, 0.3) is 0 Å². The lowest BCUT2D eigenvalue weighted by Gasteiger charge is -2.55. The third-order valence-electron chi connectivity index (χ3n) is 12.1. The van der Waals surface area contributed by atoms with Crippen molar-refractivity contribution < 1.29 is 28.4 Å². The van der Waals surface area contributed by atoms with Gasteiger partial charge in [0.05, 0.1) is 40.6 Å². The van der Waals surface area contributed by atoms with Gasteiger partial charge in [-0.2, -0.15) is 10.5 Å². The normalized spacial score (nSPS) is 23.7. The van der Waals surface area contributed by atoms with Crippen LogP contribution in [0.1, 0.15) is 82.3 Å². The molecule has 2 fully saturated rings. The van der Waals surface area contributed by atoms with Crippen molar-refractivity contribution in [1.29, 1.82) is 10.5 Å². The standard InChI is InChI=1S/C40H44N4O6/c1-23-24(2)26(20-42)38-37(25(23)19-41)49-32-18-30-34(28(36(32)50-38)22-44-11-15-48-16-12-44)39(3)7-8-40(30,4)33-27(21-43-9-13-47-14-10-43)35(46-6)31(45-5)17-29(33)39/h17-18H,7-16,21-22H2,1-6H3. The first-order chi connectivity index (χ1) is 24.2. The highest BCUT2D eigenvalue weighted by atomic mass is 16.6. The van der Waals surface area contributed by atoms with Crippen molar-refractivity contribution in [1.82, 2.24) is 9.80 Å². The summed E-state index contributed by atoms with van der Waals surface area (Å²) < 4.78 is 37.3. The van der Waals surface area contributed by atoms with Crippen molar-refractivity contribution in [2.75, 3.05) is 66.8 Å². The second-order valence-corrected chi connectivity index (χ2v) is 14.6.